The topological polar surface area (TPSA) is 58.0 Å². The molecular weight excluding hydrogens is 306 g/mol. The normalized spacial score (nSPS) is 26.9. The van der Waals surface area contributed by atoms with Crippen LogP contribution >= 0.6 is 11.3 Å². The Morgan fingerprint density at radius 1 is 1.22 bits per heavy atom. The SMILES string of the molecule is CC1(C)CCc2sc3ncnc(N[C@H]4CC[C@H](O)CC4)c3c2C1. The maximum atomic E-state index is 9.70. The van der Waals surface area contributed by atoms with Gasteiger partial charge in [-0.05, 0) is 55.9 Å². The molecule has 0 amide bonds. The van der Waals surface area contributed by atoms with Gasteiger partial charge in [0.05, 0.1) is 11.5 Å². The smallest absolute Gasteiger partial charge is 0.138 e. The number of nitrogens with zero attached hydrogens (tertiary/aromatic N) is 2. The molecule has 2 aliphatic rings. The summed E-state index contributed by atoms with van der Waals surface area (Å²) in [5.74, 6) is 1.01. The van der Waals surface area contributed by atoms with E-state index >= 15 is 0 Å². The lowest BCUT2D eigenvalue weighted by atomic mass is 9.76. The van der Waals surface area contributed by atoms with Crippen LogP contribution in [0.5, 0.6) is 0 Å². The van der Waals surface area contributed by atoms with Gasteiger partial charge in [0.2, 0.25) is 0 Å². The van der Waals surface area contributed by atoms with Gasteiger partial charge in [-0.1, -0.05) is 13.8 Å². The Kier molecular flexibility index (Phi) is 3.81. The van der Waals surface area contributed by atoms with Gasteiger partial charge >= 0.3 is 0 Å². The minimum absolute atomic E-state index is 0.117. The van der Waals surface area contributed by atoms with Crippen LogP contribution in [0.15, 0.2) is 6.33 Å². The number of aryl methyl sites for hydroxylation is 1. The van der Waals surface area contributed by atoms with E-state index in [-0.39, 0.29) is 6.10 Å². The van der Waals surface area contributed by atoms with E-state index in [4.69, 9.17) is 0 Å². The number of hydrogen-bond acceptors (Lipinski definition) is 5. The van der Waals surface area contributed by atoms with Crippen molar-refractivity contribution in [3.63, 3.8) is 0 Å². The molecular formula is C18H25N3OS. The van der Waals surface area contributed by atoms with Crippen LogP contribution in [0.1, 0.15) is 56.4 Å². The zero-order valence-corrected chi connectivity index (χ0v) is 14.7. The van der Waals surface area contributed by atoms with Gasteiger partial charge in [0.15, 0.2) is 0 Å². The lowest BCUT2D eigenvalue weighted by Gasteiger charge is -2.30. The monoisotopic (exact) mass is 331 g/mol. The largest absolute Gasteiger partial charge is 0.393 e. The third-order valence-electron chi connectivity index (χ3n) is 5.39. The zero-order chi connectivity index (χ0) is 16.0. The Hall–Kier alpha value is -1.20. The second-order valence-electron chi connectivity index (χ2n) is 7.90. The van der Waals surface area contributed by atoms with Gasteiger partial charge in [-0.3, -0.25) is 0 Å². The molecule has 0 spiro atoms. The fraction of sp³-hybridized carbons (Fsp3) is 0.667. The quantitative estimate of drug-likeness (QED) is 0.875. The summed E-state index contributed by atoms with van der Waals surface area (Å²) in [7, 11) is 0. The van der Waals surface area contributed by atoms with Gasteiger partial charge in [0, 0.05) is 10.9 Å². The lowest BCUT2D eigenvalue weighted by molar-refractivity contribution is 0.126. The van der Waals surface area contributed by atoms with Crippen molar-refractivity contribution in [2.45, 2.75) is 70.9 Å². The number of thiophene rings is 1. The number of hydrogen-bond donors (Lipinski definition) is 2. The fourth-order valence-corrected chi connectivity index (χ4v) is 5.12. The van der Waals surface area contributed by atoms with Crippen LogP contribution < -0.4 is 5.32 Å². The van der Waals surface area contributed by atoms with E-state index in [9.17, 15) is 5.11 Å². The highest BCUT2D eigenvalue weighted by molar-refractivity contribution is 7.19. The summed E-state index contributed by atoms with van der Waals surface area (Å²) in [5.41, 5.74) is 1.84. The molecule has 5 heteroatoms. The standard InChI is InChI=1S/C18H25N3OS/c1-18(2)8-7-14-13(9-18)15-16(19-10-20-17(15)23-14)21-11-3-5-12(22)6-4-11/h10-12,22H,3-9H2,1-2H3,(H,19,20,21)/t11-,12-. The van der Waals surface area contributed by atoms with Gasteiger partial charge in [0.25, 0.3) is 0 Å². The fourth-order valence-electron chi connectivity index (χ4n) is 3.97. The van der Waals surface area contributed by atoms with Crippen molar-refractivity contribution in [3.8, 4) is 0 Å². The summed E-state index contributed by atoms with van der Waals surface area (Å²) >= 11 is 1.85. The molecule has 0 aliphatic heterocycles. The third-order valence-corrected chi connectivity index (χ3v) is 6.59. The van der Waals surface area contributed by atoms with Crippen LogP contribution in [0, 0.1) is 5.41 Å². The van der Waals surface area contributed by atoms with E-state index in [0.29, 0.717) is 11.5 Å². The number of rotatable bonds is 2. The van der Waals surface area contributed by atoms with Gasteiger partial charge in [-0.25, -0.2) is 9.97 Å². The molecule has 4 nitrogen and oxygen atoms in total. The molecule has 23 heavy (non-hydrogen) atoms. The van der Waals surface area contributed by atoms with Crippen LogP contribution in [0.25, 0.3) is 10.2 Å². The first-order valence-corrected chi connectivity index (χ1v) is 9.53. The van der Waals surface area contributed by atoms with Crippen molar-refractivity contribution < 1.29 is 5.11 Å². The number of aliphatic hydroxyl groups excluding tert-OH is 1. The number of aliphatic hydroxyl groups is 1. The molecule has 0 radical (unpaired) electrons. The van der Waals surface area contributed by atoms with E-state index in [2.05, 4.69) is 29.1 Å². The number of anilines is 1. The highest BCUT2D eigenvalue weighted by Crippen LogP contribution is 2.44. The molecule has 2 aromatic rings. The Labute approximate surface area is 141 Å². The molecule has 0 unspecified atom stereocenters. The van der Waals surface area contributed by atoms with E-state index in [0.717, 1.165) is 42.8 Å². The van der Waals surface area contributed by atoms with Gasteiger partial charge < -0.3 is 10.4 Å². The summed E-state index contributed by atoms with van der Waals surface area (Å²) in [6, 6.07) is 0.420. The lowest BCUT2D eigenvalue weighted by Crippen LogP contribution is -2.28. The van der Waals surface area contributed by atoms with Crippen molar-refractivity contribution in [1.82, 2.24) is 9.97 Å². The highest BCUT2D eigenvalue weighted by Gasteiger charge is 2.30. The van der Waals surface area contributed by atoms with E-state index < -0.39 is 0 Å². The van der Waals surface area contributed by atoms with Crippen LogP contribution in [-0.4, -0.2) is 27.2 Å². The summed E-state index contributed by atoms with van der Waals surface area (Å²) in [4.78, 5) is 11.7. The molecule has 2 aromatic heterocycles. The molecule has 2 N–H and O–H groups in total. The van der Waals surface area contributed by atoms with Gasteiger partial charge in [-0.15, -0.1) is 11.3 Å². The summed E-state index contributed by atoms with van der Waals surface area (Å²) in [5, 5.41) is 14.6. The molecule has 0 saturated heterocycles. The molecule has 0 bridgehead atoms. The minimum atomic E-state index is -0.117. The first kappa shape index (κ1) is 15.3. The average Bonchev–Trinajstić information content (AvgIpc) is 2.87. The molecule has 2 heterocycles. The first-order valence-electron chi connectivity index (χ1n) is 8.72. The maximum Gasteiger partial charge on any atom is 0.138 e. The van der Waals surface area contributed by atoms with Crippen molar-refractivity contribution in [2.75, 3.05) is 5.32 Å². The Morgan fingerprint density at radius 2 is 2.00 bits per heavy atom. The molecule has 1 fully saturated rings. The summed E-state index contributed by atoms with van der Waals surface area (Å²) in [6.07, 6.45) is 8.93. The molecule has 0 atom stereocenters. The highest BCUT2D eigenvalue weighted by atomic mass is 32.1. The van der Waals surface area contributed by atoms with Crippen LogP contribution in [-0.2, 0) is 12.8 Å². The maximum absolute atomic E-state index is 9.70. The summed E-state index contributed by atoms with van der Waals surface area (Å²) < 4.78 is 0. The Bertz CT molecular complexity index is 716. The van der Waals surface area contributed by atoms with E-state index in [1.807, 2.05) is 11.3 Å². The summed E-state index contributed by atoms with van der Waals surface area (Å²) in [6.45, 7) is 4.72. The van der Waals surface area contributed by atoms with Crippen molar-refractivity contribution in [2.24, 2.45) is 5.41 Å². The predicted molar refractivity (Wildman–Crippen MR) is 95.1 cm³/mol. The third kappa shape index (κ3) is 2.96. The molecule has 0 aromatic carbocycles. The molecule has 2 aliphatic carbocycles. The van der Waals surface area contributed by atoms with E-state index in [1.54, 1.807) is 6.33 Å². The van der Waals surface area contributed by atoms with Crippen LogP contribution in [0.3, 0.4) is 0 Å². The Balaban J connectivity index is 1.69. The second kappa shape index (κ2) is 5.71. The number of nitrogens with one attached hydrogen (secondary N) is 1. The zero-order valence-electron chi connectivity index (χ0n) is 13.9. The van der Waals surface area contributed by atoms with Crippen molar-refractivity contribution in [1.29, 1.82) is 0 Å². The molecule has 1 saturated carbocycles. The molecule has 124 valence electrons. The average molecular weight is 331 g/mol. The van der Waals surface area contributed by atoms with Gasteiger partial charge in [-0.2, -0.15) is 0 Å². The van der Waals surface area contributed by atoms with Crippen LogP contribution in [0.4, 0.5) is 5.82 Å². The van der Waals surface area contributed by atoms with Crippen molar-refractivity contribution >= 4 is 27.4 Å². The van der Waals surface area contributed by atoms with Gasteiger partial charge in [0.1, 0.15) is 17.0 Å². The number of aromatic nitrogens is 2. The second-order valence-corrected chi connectivity index (χ2v) is 8.98. The van der Waals surface area contributed by atoms with Crippen molar-refractivity contribution in [3.05, 3.63) is 16.8 Å². The number of fused-ring (bicyclic) bond motifs is 3. The van der Waals surface area contributed by atoms with Crippen LogP contribution in [0.2, 0.25) is 0 Å². The first-order chi connectivity index (χ1) is 11.0. The predicted octanol–water partition coefficient (Wildman–Crippen LogP) is 3.92. The Morgan fingerprint density at radius 3 is 2.78 bits per heavy atom. The minimum Gasteiger partial charge on any atom is -0.393 e. The van der Waals surface area contributed by atoms with E-state index in [1.165, 1.54) is 28.7 Å². The molecule has 4 rings (SSSR count).